The lowest BCUT2D eigenvalue weighted by molar-refractivity contribution is -0.113. The second-order valence-electron chi connectivity index (χ2n) is 5.70. The molecule has 0 unspecified atom stereocenters. The summed E-state index contributed by atoms with van der Waals surface area (Å²) in [6, 6.07) is 15.8. The van der Waals surface area contributed by atoms with Crippen LogP contribution < -0.4 is 10.1 Å². The molecule has 5 nitrogen and oxygen atoms in total. The Balaban J connectivity index is 1.51. The van der Waals surface area contributed by atoms with Gasteiger partial charge in [0.25, 0.3) is 0 Å². The van der Waals surface area contributed by atoms with E-state index >= 15 is 0 Å². The molecule has 1 aromatic heterocycles. The fraction of sp³-hybridized carbons (Fsp3) is 0.150. The van der Waals surface area contributed by atoms with Crippen LogP contribution in [0.1, 0.15) is 16.1 Å². The van der Waals surface area contributed by atoms with Crippen LogP contribution >= 0.6 is 23.1 Å². The number of nitrogens with one attached hydrogen (secondary N) is 1. The smallest absolute Gasteiger partial charge is 0.236 e. The molecular formula is C20H19N3O2S2. The fourth-order valence-electron chi connectivity index (χ4n) is 2.17. The van der Waals surface area contributed by atoms with Crippen molar-refractivity contribution in [3.05, 3.63) is 64.7 Å². The molecule has 1 heterocycles. The number of nitrogens with zero attached hydrogens (tertiary/aromatic N) is 2. The molecule has 0 radical (unpaired) electrons. The maximum Gasteiger partial charge on any atom is 0.236 e. The summed E-state index contributed by atoms with van der Waals surface area (Å²) < 4.78 is 5.14. The fourth-order valence-corrected chi connectivity index (χ4v) is 3.53. The van der Waals surface area contributed by atoms with Gasteiger partial charge in [-0.1, -0.05) is 47.2 Å². The molecule has 3 aromatic rings. The zero-order valence-electron chi connectivity index (χ0n) is 15.0. The summed E-state index contributed by atoms with van der Waals surface area (Å²) in [5.41, 5.74) is 2.24. The van der Waals surface area contributed by atoms with E-state index in [2.05, 4.69) is 15.5 Å². The standard InChI is InChI=1S/C20H19N3O2S2/c1-14-3-10-17(11-4-14)26-13-18(24)21-20-23-22-19(27-20)12-7-15-5-8-16(25-2)9-6-15/h3-12H,13H2,1-2H3,(H,21,23,24). The van der Waals surface area contributed by atoms with Crippen LogP contribution in [0.15, 0.2) is 53.4 Å². The highest BCUT2D eigenvalue weighted by atomic mass is 32.2. The molecule has 2 aromatic carbocycles. The van der Waals surface area contributed by atoms with E-state index in [0.29, 0.717) is 10.9 Å². The van der Waals surface area contributed by atoms with E-state index in [9.17, 15) is 4.79 Å². The van der Waals surface area contributed by atoms with Gasteiger partial charge in [0, 0.05) is 4.90 Å². The Morgan fingerprint density at radius 1 is 1.11 bits per heavy atom. The predicted octanol–water partition coefficient (Wildman–Crippen LogP) is 4.76. The number of aryl methyl sites for hydroxylation is 1. The minimum Gasteiger partial charge on any atom is -0.497 e. The number of thioether (sulfide) groups is 1. The Kier molecular flexibility index (Phi) is 6.62. The summed E-state index contributed by atoms with van der Waals surface area (Å²) >= 11 is 2.83. The first-order valence-corrected chi connectivity index (χ1v) is 10.1. The molecule has 0 aliphatic heterocycles. The molecule has 0 bridgehead atoms. The molecule has 0 fully saturated rings. The van der Waals surface area contributed by atoms with Gasteiger partial charge in [-0.15, -0.1) is 22.0 Å². The molecule has 3 rings (SSSR count). The third-order valence-electron chi connectivity index (χ3n) is 3.61. The number of hydrogen-bond acceptors (Lipinski definition) is 6. The number of carbonyl (C=O) groups is 1. The van der Waals surface area contributed by atoms with Crippen LogP contribution in [0, 0.1) is 6.92 Å². The van der Waals surface area contributed by atoms with Crippen LogP contribution in [0.4, 0.5) is 5.13 Å². The van der Waals surface area contributed by atoms with Crippen molar-refractivity contribution in [1.29, 1.82) is 0 Å². The summed E-state index contributed by atoms with van der Waals surface area (Å²) in [4.78, 5) is 13.1. The van der Waals surface area contributed by atoms with Gasteiger partial charge in [-0.3, -0.25) is 10.1 Å². The summed E-state index contributed by atoms with van der Waals surface area (Å²) in [6.07, 6.45) is 3.81. The highest BCUT2D eigenvalue weighted by molar-refractivity contribution is 8.00. The molecule has 0 saturated heterocycles. The Morgan fingerprint density at radius 2 is 1.85 bits per heavy atom. The normalized spacial score (nSPS) is 10.9. The molecule has 27 heavy (non-hydrogen) atoms. The molecule has 0 spiro atoms. The second kappa shape index (κ2) is 9.34. The molecular weight excluding hydrogens is 378 g/mol. The number of ether oxygens (including phenoxy) is 1. The van der Waals surface area contributed by atoms with Gasteiger partial charge in [-0.25, -0.2) is 0 Å². The van der Waals surface area contributed by atoms with E-state index < -0.39 is 0 Å². The predicted molar refractivity (Wildman–Crippen MR) is 112 cm³/mol. The number of hydrogen-bond donors (Lipinski definition) is 1. The number of anilines is 1. The number of methoxy groups -OCH3 is 1. The van der Waals surface area contributed by atoms with Crippen molar-refractivity contribution < 1.29 is 9.53 Å². The lowest BCUT2D eigenvalue weighted by atomic mass is 10.2. The van der Waals surface area contributed by atoms with Gasteiger partial charge in [-0.05, 0) is 42.8 Å². The molecule has 0 saturated carbocycles. The number of rotatable bonds is 7. The van der Waals surface area contributed by atoms with Crippen LogP contribution in [-0.4, -0.2) is 29.0 Å². The number of aromatic nitrogens is 2. The Labute approximate surface area is 166 Å². The third-order valence-corrected chi connectivity index (χ3v) is 5.43. The van der Waals surface area contributed by atoms with Gasteiger partial charge in [0.1, 0.15) is 10.8 Å². The van der Waals surface area contributed by atoms with Crippen LogP contribution in [-0.2, 0) is 4.79 Å². The van der Waals surface area contributed by atoms with E-state index in [1.54, 1.807) is 7.11 Å². The van der Waals surface area contributed by atoms with Crippen molar-refractivity contribution >= 4 is 46.3 Å². The van der Waals surface area contributed by atoms with Gasteiger partial charge in [0.2, 0.25) is 11.0 Å². The van der Waals surface area contributed by atoms with Gasteiger partial charge in [0.15, 0.2) is 0 Å². The lowest BCUT2D eigenvalue weighted by Gasteiger charge is -2.02. The van der Waals surface area contributed by atoms with E-state index in [0.717, 1.165) is 21.2 Å². The maximum absolute atomic E-state index is 12.1. The quantitative estimate of drug-likeness (QED) is 0.583. The summed E-state index contributed by atoms with van der Waals surface area (Å²) in [7, 11) is 1.64. The van der Waals surface area contributed by atoms with Gasteiger partial charge in [-0.2, -0.15) is 0 Å². The van der Waals surface area contributed by atoms with Crippen molar-refractivity contribution in [1.82, 2.24) is 10.2 Å². The molecule has 0 aliphatic rings. The van der Waals surface area contributed by atoms with E-state index in [1.165, 1.54) is 28.7 Å². The highest BCUT2D eigenvalue weighted by Crippen LogP contribution is 2.21. The molecule has 0 aliphatic carbocycles. The van der Waals surface area contributed by atoms with E-state index in [4.69, 9.17) is 4.74 Å². The number of benzene rings is 2. The zero-order chi connectivity index (χ0) is 19.1. The Hall–Kier alpha value is -2.64. The first-order chi connectivity index (χ1) is 13.1. The van der Waals surface area contributed by atoms with Crippen LogP contribution in [0.5, 0.6) is 5.75 Å². The second-order valence-corrected chi connectivity index (χ2v) is 7.76. The van der Waals surface area contributed by atoms with Gasteiger partial charge >= 0.3 is 0 Å². The van der Waals surface area contributed by atoms with Gasteiger partial charge < -0.3 is 4.74 Å². The maximum atomic E-state index is 12.1. The first-order valence-electron chi connectivity index (χ1n) is 8.27. The largest absolute Gasteiger partial charge is 0.497 e. The first kappa shape index (κ1) is 19.1. The van der Waals surface area contributed by atoms with Crippen molar-refractivity contribution in [2.45, 2.75) is 11.8 Å². The van der Waals surface area contributed by atoms with Crippen molar-refractivity contribution in [2.75, 3.05) is 18.2 Å². The monoisotopic (exact) mass is 397 g/mol. The van der Waals surface area contributed by atoms with Gasteiger partial charge in [0.05, 0.1) is 12.9 Å². The topological polar surface area (TPSA) is 64.1 Å². The molecule has 0 atom stereocenters. The van der Waals surface area contributed by atoms with Crippen LogP contribution in [0.25, 0.3) is 12.2 Å². The number of carbonyl (C=O) groups excluding carboxylic acids is 1. The average Bonchev–Trinajstić information content (AvgIpc) is 3.13. The van der Waals surface area contributed by atoms with Crippen LogP contribution in [0.2, 0.25) is 0 Å². The lowest BCUT2D eigenvalue weighted by Crippen LogP contribution is -2.13. The van der Waals surface area contributed by atoms with E-state index in [-0.39, 0.29) is 5.91 Å². The SMILES string of the molecule is COc1ccc(C=Cc2nnc(NC(=O)CSc3ccc(C)cc3)s2)cc1. The summed E-state index contributed by atoms with van der Waals surface area (Å²) in [5, 5.41) is 12.1. The molecule has 138 valence electrons. The summed E-state index contributed by atoms with van der Waals surface area (Å²) in [6.45, 7) is 2.04. The minimum atomic E-state index is -0.0950. The summed E-state index contributed by atoms with van der Waals surface area (Å²) in [5.74, 6) is 1.05. The van der Waals surface area contributed by atoms with Crippen molar-refractivity contribution in [3.8, 4) is 5.75 Å². The van der Waals surface area contributed by atoms with E-state index in [1.807, 2.05) is 67.6 Å². The minimum absolute atomic E-state index is 0.0950. The molecule has 7 heteroatoms. The zero-order valence-corrected chi connectivity index (χ0v) is 16.6. The molecule has 1 N–H and O–H groups in total. The van der Waals surface area contributed by atoms with Crippen LogP contribution in [0.3, 0.4) is 0 Å². The van der Waals surface area contributed by atoms with Crippen molar-refractivity contribution in [2.24, 2.45) is 0 Å². The highest BCUT2D eigenvalue weighted by Gasteiger charge is 2.07. The average molecular weight is 398 g/mol. The third kappa shape index (κ3) is 5.94. The van der Waals surface area contributed by atoms with Crippen molar-refractivity contribution in [3.63, 3.8) is 0 Å². The Morgan fingerprint density at radius 3 is 2.56 bits per heavy atom. The molecule has 1 amide bonds. The Bertz CT molecular complexity index is 919. The number of amides is 1.